The SMILES string of the molecule is C=c1ccc2c(c1)Oc1cc(O)ccc1C=2C1C=CC(N2C(=O)CC(SCC(NC(=O)CCOCCOCCNC(=O)CCS(=O)(=O)c3c(F)c(F)c(NS(=O)O)c(F)c3NC3CCCCCCC3)C(=O)O)C2=O)=CC1C(=O)O. The number of ether oxygens (including phenoxy) is 3. The molecule has 2 aliphatic carbocycles. The number of nitrogens with one attached hydrogen (secondary N) is 4. The molecule has 27 heteroatoms. The van der Waals surface area contributed by atoms with Crippen LogP contribution in [-0.2, 0) is 59.3 Å². The maximum absolute atomic E-state index is 15.7. The molecule has 3 aromatic rings. The Morgan fingerprint density at radius 1 is 0.886 bits per heavy atom. The van der Waals surface area contributed by atoms with E-state index in [9.17, 15) is 65.7 Å². The number of aliphatic carboxylic acids is 2. The number of hydrogen-bond acceptors (Lipinski definition) is 15. The van der Waals surface area contributed by atoms with E-state index in [1.165, 1.54) is 24.3 Å². The summed E-state index contributed by atoms with van der Waals surface area (Å²) in [7, 11) is -4.88. The summed E-state index contributed by atoms with van der Waals surface area (Å²) in [6.45, 7) is 3.50. The Hall–Kier alpha value is -6.78. The Labute approximate surface area is 458 Å². The van der Waals surface area contributed by atoms with Crippen molar-refractivity contribution in [1.29, 1.82) is 0 Å². The van der Waals surface area contributed by atoms with Crippen LogP contribution in [0.3, 0.4) is 0 Å². The first kappa shape index (κ1) is 59.9. The van der Waals surface area contributed by atoms with Crippen molar-refractivity contribution in [3.05, 3.63) is 93.8 Å². The molecular formula is C52H58F3N5O16S3. The highest BCUT2D eigenvalue weighted by molar-refractivity contribution is 8.00. The fourth-order valence-corrected chi connectivity index (χ4v) is 12.5. The van der Waals surface area contributed by atoms with Gasteiger partial charge in [-0.2, -0.15) is 0 Å². The van der Waals surface area contributed by atoms with Gasteiger partial charge >= 0.3 is 11.9 Å². The fraction of sp³-hybridized carbons (Fsp3) is 0.423. The molecule has 0 spiro atoms. The molecule has 0 aromatic heterocycles. The topological polar surface area (TPSA) is 314 Å². The lowest BCUT2D eigenvalue weighted by atomic mass is 9.77. The molecule has 79 heavy (non-hydrogen) atoms. The minimum atomic E-state index is -4.88. The first-order valence-electron chi connectivity index (χ1n) is 25.1. The van der Waals surface area contributed by atoms with Crippen molar-refractivity contribution in [1.82, 2.24) is 15.5 Å². The van der Waals surface area contributed by atoms with Crippen LogP contribution in [0, 0.1) is 29.3 Å². The molecule has 21 nitrogen and oxygen atoms in total. The van der Waals surface area contributed by atoms with Gasteiger partial charge < -0.3 is 45.5 Å². The second-order valence-corrected chi connectivity index (χ2v) is 22.9. The van der Waals surface area contributed by atoms with E-state index in [1.807, 2.05) is 0 Å². The molecule has 8 N–H and O–H groups in total. The first-order chi connectivity index (χ1) is 37.6. The zero-order valence-electron chi connectivity index (χ0n) is 42.3. The normalized spacial score (nSPS) is 19.2. The molecule has 4 amide bonds. The Morgan fingerprint density at radius 2 is 1.59 bits per heavy atom. The summed E-state index contributed by atoms with van der Waals surface area (Å²) < 4.78 is 112. The van der Waals surface area contributed by atoms with Gasteiger partial charge in [-0.15, -0.1) is 11.8 Å². The monoisotopic (exact) mass is 1160 g/mol. The number of thioether (sulfide) groups is 1. The lowest BCUT2D eigenvalue weighted by molar-refractivity contribution is -0.141. The molecule has 7 rings (SSSR count). The second-order valence-electron chi connectivity index (χ2n) is 18.9. The summed E-state index contributed by atoms with van der Waals surface area (Å²) in [5.41, 5.74) is -1.12. The first-order valence-corrected chi connectivity index (χ1v) is 28.9. The van der Waals surface area contributed by atoms with Crippen molar-refractivity contribution in [2.75, 3.05) is 54.5 Å². The molecule has 426 valence electrons. The van der Waals surface area contributed by atoms with E-state index in [0.29, 0.717) is 58.8 Å². The van der Waals surface area contributed by atoms with Gasteiger partial charge in [0.15, 0.2) is 27.3 Å². The average molecular weight is 1160 g/mol. The zero-order chi connectivity index (χ0) is 57.1. The van der Waals surface area contributed by atoms with Gasteiger partial charge in [-0.3, -0.25) is 33.2 Å². The molecule has 1 saturated heterocycles. The number of nitrogens with zero attached hydrogens (tertiary/aromatic N) is 1. The number of carbonyl (C=O) groups is 6. The molecule has 5 atom stereocenters. The fourth-order valence-electron chi connectivity index (χ4n) is 9.50. The number of halogens is 3. The van der Waals surface area contributed by atoms with E-state index < -0.39 is 132 Å². The molecule has 5 unspecified atom stereocenters. The van der Waals surface area contributed by atoms with Gasteiger partial charge in [0, 0.05) is 66.1 Å². The van der Waals surface area contributed by atoms with Crippen molar-refractivity contribution in [2.45, 2.75) is 86.4 Å². The lowest BCUT2D eigenvalue weighted by Crippen LogP contribution is -2.43. The molecule has 2 aliphatic heterocycles. The summed E-state index contributed by atoms with van der Waals surface area (Å²) in [5, 5.41) is 38.2. The predicted molar refractivity (Wildman–Crippen MR) is 282 cm³/mol. The number of phenols is 1. The van der Waals surface area contributed by atoms with Crippen molar-refractivity contribution >= 4 is 92.0 Å². The smallest absolute Gasteiger partial charge is 0.327 e. The van der Waals surface area contributed by atoms with Crippen LogP contribution in [0.1, 0.15) is 69.8 Å². The number of phenolic OH excluding ortho intramolecular Hbond substituents is 1. The number of hydrogen-bond donors (Lipinski definition) is 8. The summed E-state index contributed by atoms with van der Waals surface area (Å²) >= 11 is -2.20. The molecular weight excluding hydrogens is 1100 g/mol. The minimum absolute atomic E-state index is 0.0259. The third-order valence-electron chi connectivity index (χ3n) is 13.3. The number of likely N-dealkylation sites (tertiary alicyclic amines) is 1. The maximum Gasteiger partial charge on any atom is 0.327 e. The number of allylic oxidation sites excluding steroid dienone is 2. The van der Waals surface area contributed by atoms with E-state index in [2.05, 4.69) is 22.5 Å². The number of sulfone groups is 1. The van der Waals surface area contributed by atoms with E-state index in [-0.39, 0.29) is 63.0 Å². The molecule has 0 bridgehead atoms. The van der Waals surface area contributed by atoms with Gasteiger partial charge in [-0.25, -0.2) is 35.5 Å². The van der Waals surface area contributed by atoms with Crippen LogP contribution in [0.5, 0.6) is 17.2 Å². The summed E-state index contributed by atoms with van der Waals surface area (Å²) in [6.07, 6.45) is 8.08. The molecule has 3 aromatic carbocycles. The van der Waals surface area contributed by atoms with Crippen molar-refractivity contribution in [2.24, 2.45) is 11.8 Å². The maximum atomic E-state index is 15.7. The van der Waals surface area contributed by atoms with E-state index in [0.717, 1.165) is 35.9 Å². The molecule has 0 radical (unpaired) electrons. The number of amides is 4. The van der Waals surface area contributed by atoms with Crippen molar-refractivity contribution < 1.29 is 88.6 Å². The van der Waals surface area contributed by atoms with Gasteiger partial charge in [-0.05, 0) is 54.0 Å². The number of anilines is 2. The van der Waals surface area contributed by atoms with Gasteiger partial charge in [-0.1, -0.05) is 56.9 Å². The number of aromatic hydroxyl groups is 1. The van der Waals surface area contributed by atoms with Crippen LogP contribution in [0.2, 0.25) is 0 Å². The second kappa shape index (κ2) is 26.9. The highest BCUT2D eigenvalue weighted by Gasteiger charge is 2.44. The standard InChI is InChI=1S/C52H58F3N5O16S3/c1-28-9-12-33-37(23-28)76-38-25-31(61)11-14-34(38)43(33)32-13-10-30(24-35(32)51(66)67)60-42(64)26-39(50(60)65)77-27-36(52(68)69)58-41(63)15-18-74-20-21-75-19-17-56-40(62)16-22-79(72,73)49-45(54)44(53)47(59-78(70)71)46(55)48(49)57-29-7-5-3-2-4-6-8-29/h9-14,23-25,29,32,35-36,39,57,59,61H,1-8,15-22,26-27H2,(H,56,62)(H,58,63)(H,66,67)(H,68,69)(H,70,71). The number of imide groups is 1. The third-order valence-corrected chi connectivity index (χ3v) is 16.8. The average Bonchev–Trinajstić information content (AvgIpc) is 3.75. The van der Waals surface area contributed by atoms with Crippen molar-refractivity contribution in [3.63, 3.8) is 0 Å². The largest absolute Gasteiger partial charge is 0.508 e. The summed E-state index contributed by atoms with van der Waals surface area (Å²) in [5.74, 6) is -14.0. The number of carboxylic acid groups (broad SMARTS) is 2. The zero-order valence-corrected chi connectivity index (χ0v) is 44.8. The van der Waals surface area contributed by atoms with Gasteiger partial charge in [0.1, 0.15) is 33.9 Å². The van der Waals surface area contributed by atoms with Crippen molar-refractivity contribution in [3.8, 4) is 17.2 Å². The highest BCUT2D eigenvalue weighted by Crippen LogP contribution is 2.44. The van der Waals surface area contributed by atoms with Crippen LogP contribution in [0.15, 0.2) is 65.2 Å². The van der Waals surface area contributed by atoms with Crippen LogP contribution in [-0.4, -0.2) is 135 Å². The molecule has 2 fully saturated rings. The molecule has 2 heterocycles. The van der Waals surface area contributed by atoms with E-state index in [1.54, 1.807) is 35.1 Å². The Balaban J connectivity index is 0.826. The molecule has 4 aliphatic rings. The van der Waals surface area contributed by atoms with Crippen LogP contribution in [0.25, 0.3) is 12.2 Å². The highest BCUT2D eigenvalue weighted by atomic mass is 32.2. The number of carbonyl (C=O) groups excluding carboxylic acids is 4. The number of benzene rings is 3. The third kappa shape index (κ3) is 14.9. The quantitative estimate of drug-likeness (QED) is 0.0255. The predicted octanol–water partition coefficient (Wildman–Crippen LogP) is 4.20. The number of rotatable bonds is 25. The summed E-state index contributed by atoms with van der Waals surface area (Å²) in [6, 6.07) is 7.65. The van der Waals surface area contributed by atoms with Gasteiger partial charge in [0.25, 0.3) is 11.3 Å². The van der Waals surface area contributed by atoms with E-state index in [4.69, 9.17) is 14.2 Å². The van der Waals surface area contributed by atoms with Crippen LogP contribution >= 0.6 is 11.8 Å². The lowest BCUT2D eigenvalue weighted by Gasteiger charge is -2.31. The molecule has 1 saturated carbocycles. The summed E-state index contributed by atoms with van der Waals surface area (Å²) in [4.78, 5) is 76.8. The Kier molecular flexibility index (Phi) is 20.4. The van der Waals surface area contributed by atoms with Crippen LogP contribution < -0.4 is 35.8 Å². The van der Waals surface area contributed by atoms with Crippen LogP contribution in [0.4, 0.5) is 24.5 Å². The Bertz CT molecular complexity index is 3190. The number of carboxylic acids is 2. The van der Waals surface area contributed by atoms with Gasteiger partial charge in [0.05, 0.1) is 49.0 Å². The van der Waals surface area contributed by atoms with E-state index >= 15 is 8.78 Å². The number of fused-ring (bicyclic) bond motifs is 2. The van der Waals surface area contributed by atoms with Gasteiger partial charge in [0.2, 0.25) is 23.6 Å². The minimum Gasteiger partial charge on any atom is -0.508 e. The Morgan fingerprint density at radius 3 is 2.29 bits per heavy atom.